The molecular weight excluding hydrogens is 263 g/mol. The molecule has 0 aromatic heterocycles. The first-order valence-electron chi connectivity index (χ1n) is 4.02. The van der Waals surface area contributed by atoms with Gasteiger partial charge in [-0.05, 0) is 53.8 Å². The van der Waals surface area contributed by atoms with Gasteiger partial charge in [-0.25, -0.2) is 0 Å². The third-order valence-electron chi connectivity index (χ3n) is 1.53. The van der Waals surface area contributed by atoms with Gasteiger partial charge in [-0.3, -0.25) is 0 Å². The van der Waals surface area contributed by atoms with E-state index in [4.69, 9.17) is 5.73 Å². The van der Waals surface area contributed by atoms with Crippen LogP contribution in [0.3, 0.4) is 0 Å². The molecule has 1 aromatic rings. The molecule has 1 aromatic carbocycles. The van der Waals surface area contributed by atoms with Crippen molar-refractivity contribution in [3.05, 3.63) is 27.8 Å². The number of halogens is 1. The van der Waals surface area contributed by atoms with Gasteiger partial charge in [0.15, 0.2) is 0 Å². The van der Waals surface area contributed by atoms with Crippen LogP contribution < -0.4 is 11.1 Å². The van der Waals surface area contributed by atoms with Crippen LogP contribution in [0.1, 0.15) is 6.42 Å². The summed E-state index contributed by atoms with van der Waals surface area (Å²) in [5.41, 5.74) is 6.56. The molecule has 2 nitrogen and oxygen atoms in total. The smallest absolute Gasteiger partial charge is 0.0350 e. The SMILES string of the molecule is NCCCNc1cccc(I)c1. The minimum absolute atomic E-state index is 0.747. The van der Waals surface area contributed by atoms with Crippen LogP contribution in [0.5, 0.6) is 0 Å². The molecule has 66 valence electrons. The number of nitrogens with two attached hydrogens (primary N) is 1. The van der Waals surface area contributed by atoms with E-state index in [2.05, 4.69) is 46.1 Å². The Morgan fingerprint density at radius 3 is 2.92 bits per heavy atom. The van der Waals surface area contributed by atoms with Gasteiger partial charge in [0.1, 0.15) is 0 Å². The van der Waals surface area contributed by atoms with Gasteiger partial charge in [0.25, 0.3) is 0 Å². The summed E-state index contributed by atoms with van der Waals surface area (Å²) >= 11 is 2.30. The molecule has 0 aliphatic heterocycles. The molecule has 0 heterocycles. The molecule has 0 radical (unpaired) electrons. The molecule has 1 rings (SSSR count). The Labute approximate surface area is 86.7 Å². The first-order chi connectivity index (χ1) is 5.83. The lowest BCUT2D eigenvalue weighted by atomic mass is 10.3. The summed E-state index contributed by atoms with van der Waals surface area (Å²) in [4.78, 5) is 0. The summed E-state index contributed by atoms with van der Waals surface area (Å²) < 4.78 is 1.25. The van der Waals surface area contributed by atoms with E-state index in [-0.39, 0.29) is 0 Å². The van der Waals surface area contributed by atoms with Gasteiger partial charge in [0, 0.05) is 15.8 Å². The van der Waals surface area contributed by atoms with Crippen LogP contribution in [0, 0.1) is 3.57 Å². The van der Waals surface area contributed by atoms with Gasteiger partial charge in [0.2, 0.25) is 0 Å². The molecule has 0 aliphatic carbocycles. The first kappa shape index (κ1) is 9.80. The number of anilines is 1. The number of hydrogen-bond acceptors (Lipinski definition) is 2. The standard InChI is InChI=1S/C9H13IN2/c10-8-3-1-4-9(7-8)12-6-2-5-11/h1,3-4,7,12H,2,5-6,11H2. The van der Waals surface area contributed by atoms with E-state index in [0.29, 0.717) is 0 Å². The van der Waals surface area contributed by atoms with Crippen molar-refractivity contribution in [3.63, 3.8) is 0 Å². The highest BCUT2D eigenvalue weighted by Crippen LogP contribution is 2.11. The minimum Gasteiger partial charge on any atom is -0.385 e. The summed E-state index contributed by atoms with van der Waals surface area (Å²) in [6.07, 6.45) is 1.02. The van der Waals surface area contributed by atoms with Crippen LogP contribution >= 0.6 is 22.6 Å². The molecule has 0 amide bonds. The van der Waals surface area contributed by atoms with E-state index in [1.165, 1.54) is 9.26 Å². The maximum absolute atomic E-state index is 5.38. The van der Waals surface area contributed by atoms with E-state index < -0.39 is 0 Å². The third kappa shape index (κ3) is 3.40. The predicted octanol–water partition coefficient (Wildman–Crippen LogP) is 2.05. The summed E-state index contributed by atoms with van der Waals surface area (Å²) in [6, 6.07) is 8.32. The van der Waals surface area contributed by atoms with Gasteiger partial charge in [-0.1, -0.05) is 6.07 Å². The van der Waals surface area contributed by atoms with Gasteiger partial charge in [-0.2, -0.15) is 0 Å². The summed E-state index contributed by atoms with van der Waals surface area (Å²) in [7, 11) is 0. The zero-order chi connectivity index (χ0) is 8.81. The molecular formula is C9H13IN2. The fourth-order valence-electron chi connectivity index (χ4n) is 0.933. The van der Waals surface area contributed by atoms with E-state index in [9.17, 15) is 0 Å². The molecule has 0 bridgehead atoms. The summed E-state index contributed by atoms with van der Waals surface area (Å²) in [5.74, 6) is 0. The second-order valence-corrected chi connectivity index (χ2v) is 3.82. The lowest BCUT2D eigenvalue weighted by Gasteiger charge is -2.04. The second-order valence-electron chi connectivity index (χ2n) is 2.58. The van der Waals surface area contributed by atoms with Crippen molar-refractivity contribution in [1.82, 2.24) is 0 Å². The normalized spacial score (nSPS) is 9.83. The monoisotopic (exact) mass is 276 g/mol. The van der Waals surface area contributed by atoms with Crippen molar-refractivity contribution in [2.75, 3.05) is 18.4 Å². The Balaban J connectivity index is 2.41. The maximum atomic E-state index is 5.38. The fraction of sp³-hybridized carbons (Fsp3) is 0.333. The lowest BCUT2D eigenvalue weighted by molar-refractivity contribution is 0.874. The molecule has 3 heteroatoms. The van der Waals surface area contributed by atoms with Crippen LogP contribution in [0.25, 0.3) is 0 Å². The number of benzene rings is 1. The summed E-state index contributed by atoms with van der Waals surface area (Å²) in [6.45, 7) is 1.70. The van der Waals surface area contributed by atoms with E-state index >= 15 is 0 Å². The molecule has 0 atom stereocenters. The van der Waals surface area contributed by atoms with Crippen molar-refractivity contribution >= 4 is 28.3 Å². The molecule has 0 fully saturated rings. The highest BCUT2D eigenvalue weighted by Gasteiger charge is 1.90. The van der Waals surface area contributed by atoms with Crippen LogP contribution in [0.4, 0.5) is 5.69 Å². The van der Waals surface area contributed by atoms with Crippen molar-refractivity contribution in [1.29, 1.82) is 0 Å². The van der Waals surface area contributed by atoms with Gasteiger partial charge in [0.05, 0.1) is 0 Å². The van der Waals surface area contributed by atoms with Crippen molar-refractivity contribution < 1.29 is 0 Å². The van der Waals surface area contributed by atoms with E-state index in [1.807, 2.05) is 6.07 Å². The highest BCUT2D eigenvalue weighted by atomic mass is 127. The quantitative estimate of drug-likeness (QED) is 0.652. The number of rotatable bonds is 4. The van der Waals surface area contributed by atoms with Crippen LogP contribution in [0.2, 0.25) is 0 Å². The Kier molecular flexibility index (Phi) is 4.39. The largest absolute Gasteiger partial charge is 0.385 e. The Hall–Kier alpha value is -0.290. The molecule has 12 heavy (non-hydrogen) atoms. The fourth-order valence-corrected chi connectivity index (χ4v) is 1.48. The Morgan fingerprint density at radius 2 is 2.25 bits per heavy atom. The predicted molar refractivity (Wildman–Crippen MR) is 61.3 cm³/mol. The lowest BCUT2D eigenvalue weighted by Crippen LogP contribution is -2.08. The average molecular weight is 276 g/mol. The number of hydrogen-bond donors (Lipinski definition) is 2. The maximum Gasteiger partial charge on any atom is 0.0350 e. The topological polar surface area (TPSA) is 38.0 Å². The van der Waals surface area contributed by atoms with Gasteiger partial charge < -0.3 is 11.1 Å². The molecule has 0 saturated carbocycles. The van der Waals surface area contributed by atoms with Gasteiger partial charge >= 0.3 is 0 Å². The van der Waals surface area contributed by atoms with Crippen molar-refractivity contribution in [3.8, 4) is 0 Å². The summed E-state index contributed by atoms with van der Waals surface area (Å²) in [5, 5.41) is 3.30. The molecule has 0 spiro atoms. The Morgan fingerprint density at radius 1 is 1.42 bits per heavy atom. The van der Waals surface area contributed by atoms with E-state index in [0.717, 1.165) is 19.5 Å². The molecule has 0 saturated heterocycles. The molecule has 0 unspecified atom stereocenters. The molecule has 3 N–H and O–H groups in total. The zero-order valence-electron chi connectivity index (χ0n) is 6.89. The third-order valence-corrected chi connectivity index (χ3v) is 2.21. The van der Waals surface area contributed by atoms with Crippen LogP contribution in [0.15, 0.2) is 24.3 Å². The van der Waals surface area contributed by atoms with Crippen molar-refractivity contribution in [2.45, 2.75) is 6.42 Å². The highest BCUT2D eigenvalue weighted by molar-refractivity contribution is 14.1. The minimum atomic E-state index is 0.747. The van der Waals surface area contributed by atoms with Gasteiger partial charge in [-0.15, -0.1) is 0 Å². The van der Waals surface area contributed by atoms with Crippen molar-refractivity contribution in [2.24, 2.45) is 5.73 Å². The average Bonchev–Trinajstić information content (AvgIpc) is 2.05. The second kappa shape index (κ2) is 5.37. The molecule has 0 aliphatic rings. The van der Waals surface area contributed by atoms with Crippen LogP contribution in [-0.4, -0.2) is 13.1 Å². The first-order valence-corrected chi connectivity index (χ1v) is 5.10. The number of nitrogens with one attached hydrogen (secondary N) is 1. The zero-order valence-corrected chi connectivity index (χ0v) is 9.04. The van der Waals surface area contributed by atoms with Crippen LogP contribution in [-0.2, 0) is 0 Å². The Bertz CT molecular complexity index is 238. The van der Waals surface area contributed by atoms with E-state index in [1.54, 1.807) is 0 Å².